The fourth-order valence-electron chi connectivity index (χ4n) is 7.48. The van der Waals surface area contributed by atoms with Crippen molar-refractivity contribution < 1.29 is 42.1 Å². The van der Waals surface area contributed by atoms with Gasteiger partial charge in [0.25, 0.3) is 0 Å². The first-order valence-corrected chi connectivity index (χ1v) is 28.4. The topological polar surface area (TPSA) is 108 Å². The van der Waals surface area contributed by atoms with Gasteiger partial charge in [-0.15, -0.1) is 0 Å². The summed E-state index contributed by atoms with van der Waals surface area (Å²) in [5.74, 6) is -0.798. The van der Waals surface area contributed by atoms with Crippen LogP contribution in [0.5, 0.6) is 0 Å². The van der Waals surface area contributed by atoms with Crippen LogP contribution in [0.4, 0.5) is 0 Å². The van der Waals surface area contributed by atoms with Crippen molar-refractivity contribution in [3.05, 3.63) is 48.6 Å². The molecule has 0 fully saturated rings. The predicted octanol–water partition coefficient (Wildman–Crippen LogP) is 16.2. The smallest absolute Gasteiger partial charge is 0.462 e. The van der Waals surface area contributed by atoms with Gasteiger partial charge < -0.3 is 18.9 Å². The molecule has 0 saturated carbocycles. The van der Waals surface area contributed by atoms with E-state index in [9.17, 15) is 19.0 Å². The number of hydrogen-bond acceptors (Lipinski definition) is 7. The molecule has 2 atom stereocenters. The van der Waals surface area contributed by atoms with Crippen LogP contribution in [-0.2, 0) is 32.7 Å². The molecule has 0 aliphatic heterocycles. The van der Waals surface area contributed by atoms with Gasteiger partial charge in [0.15, 0.2) is 6.10 Å². The van der Waals surface area contributed by atoms with Gasteiger partial charge in [0.2, 0.25) is 0 Å². The number of likely N-dealkylation sites (N-methyl/N-ethyl adjacent to an activating group) is 1. The Balaban J connectivity index is 4.22. The van der Waals surface area contributed by atoms with Crippen LogP contribution in [0.3, 0.4) is 0 Å². The quantitative estimate of drug-likeness (QED) is 0.0211. The molecule has 1 N–H and O–H groups in total. The Morgan fingerprint density at radius 2 is 0.877 bits per heavy atom. The monoisotopic (exact) mass is 937 g/mol. The van der Waals surface area contributed by atoms with E-state index in [1.54, 1.807) is 0 Å². The molecule has 380 valence electrons. The summed E-state index contributed by atoms with van der Waals surface area (Å²) in [4.78, 5) is 35.6. The first kappa shape index (κ1) is 63.0. The molecule has 9 nitrogen and oxygen atoms in total. The molecule has 0 spiro atoms. The minimum atomic E-state index is -4.38. The summed E-state index contributed by atoms with van der Waals surface area (Å²) < 4.78 is 34.5. The third-order valence-corrected chi connectivity index (χ3v) is 12.6. The molecule has 0 aromatic carbocycles. The van der Waals surface area contributed by atoms with Crippen molar-refractivity contribution in [3.63, 3.8) is 0 Å². The highest BCUT2D eigenvalue weighted by molar-refractivity contribution is 7.47. The number of nitrogens with zero attached hydrogens (tertiary/aromatic N) is 1. The fourth-order valence-corrected chi connectivity index (χ4v) is 8.22. The predicted molar refractivity (Wildman–Crippen MR) is 275 cm³/mol. The number of esters is 2. The minimum Gasteiger partial charge on any atom is -0.462 e. The SMILES string of the molecule is CC/C=C\C/C=C\C/C=C\C/C=C\CCCCCCCCCCC(=O)OC(COC(=O)CCCCCCCCCCCCCCCCCCCCCC)COP(=O)(O)OCC[N+](C)(C)C. The highest BCUT2D eigenvalue weighted by atomic mass is 31.2. The molecule has 65 heavy (non-hydrogen) atoms. The van der Waals surface area contributed by atoms with E-state index in [-0.39, 0.29) is 25.6 Å². The Labute approximate surface area is 401 Å². The standard InChI is InChI=1S/C55H102NO8P/c1-6-8-10-12-14-16-18-20-22-24-26-28-30-32-34-36-38-40-42-44-46-48-55(58)64-53(52-63-65(59,60)62-50-49-56(3,4)5)51-61-54(57)47-45-43-41-39-37-35-33-31-29-27-25-23-21-19-17-15-13-11-9-7-2/h8,10,14,16,20,22,26,28,53H,6-7,9,11-13,15,17-19,21,23-25,27,29-52H2,1-5H3/p+1/b10-8-,16-14-,22-20-,28-26-. The third kappa shape index (κ3) is 51.2. The molecule has 0 aliphatic carbocycles. The molecule has 0 heterocycles. The molecule has 0 aromatic heterocycles. The summed E-state index contributed by atoms with van der Waals surface area (Å²) in [6.07, 6.45) is 57.3. The van der Waals surface area contributed by atoms with Gasteiger partial charge in [-0.05, 0) is 51.4 Å². The third-order valence-electron chi connectivity index (χ3n) is 11.6. The summed E-state index contributed by atoms with van der Waals surface area (Å²) in [6.45, 7) is 4.34. The summed E-state index contributed by atoms with van der Waals surface area (Å²) >= 11 is 0. The van der Waals surface area contributed by atoms with E-state index in [4.69, 9.17) is 18.5 Å². The van der Waals surface area contributed by atoms with Crippen molar-refractivity contribution in [3.8, 4) is 0 Å². The highest BCUT2D eigenvalue weighted by Gasteiger charge is 2.27. The van der Waals surface area contributed by atoms with Gasteiger partial charge in [-0.3, -0.25) is 18.6 Å². The Kier molecular flexibility index (Phi) is 45.6. The number of hydrogen-bond donors (Lipinski definition) is 1. The van der Waals surface area contributed by atoms with Crippen molar-refractivity contribution in [1.82, 2.24) is 0 Å². The van der Waals surface area contributed by atoms with Crippen LogP contribution in [0.2, 0.25) is 0 Å². The van der Waals surface area contributed by atoms with Gasteiger partial charge in [0.05, 0.1) is 27.7 Å². The summed E-state index contributed by atoms with van der Waals surface area (Å²) in [7, 11) is 1.47. The second-order valence-electron chi connectivity index (χ2n) is 19.2. The van der Waals surface area contributed by atoms with E-state index in [1.165, 1.54) is 135 Å². The Bertz CT molecular complexity index is 1240. The maximum Gasteiger partial charge on any atom is 0.472 e. The number of quaternary nitrogens is 1. The number of unbranched alkanes of at least 4 members (excludes halogenated alkanes) is 27. The molecule has 2 unspecified atom stereocenters. The zero-order valence-corrected chi connectivity index (χ0v) is 43.9. The molecule has 0 amide bonds. The van der Waals surface area contributed by atoms with Crippen molar-refractivity contribution in [2.75, 3.05) is 47.5 Å². The summed E-state index contributed by atoms with van der Waals surface area (Å²) in [5, 5.41) is 0. The Morgan fingerprint density at radius 3 is 1.31 bits per heavy atom. The van der Waals surface area contributed by atoms with Crippen LogP contribution >= 0.6 is 7.82 Å². The van der Waals surface area contributed by atoms with Crippen molar-refractivity contribution in [2.24, 2.45) is 0 Å². The number of phosphoric ester groups is 1. The molecule has 0 aliphatic rings. The van der Waals surface area contributed by atoms with Crippen molar-refractivity contribution in [2.45, 2.75) is 245 Å². The van der Waals surface area contributed by atoms with Gasteiger partial charge in [-0.2, -0.15) is 0 Å². The largest absolute Gasteiger partial charge is 0.472 e. The number of carbonyl (C=O) groups excluding carboxylic acids is 2. The van der Waals surface area contributed by atoms with Gasteiger partial charge in [0.1, 0.15) is 19.8 Å². The van der Waals surface area contributed by atoms with E-state index < -0.39 is 26.5 Å². The first-order chi connectivity index (χ1) is 31.5. The van der Waals surface area contributed by atoms with E-state index in [2.05, 4.69) is 62.5 Å². The molecule has 0 saturated heterocycles. The van der Waals surface area contributed by atoms with E-state index in [1.807, 2.05) is 21.1 Å². The van der Waals surface area contributed by atoms with E-state index >= 15 is 0 Å². The zero-order chi connectivity index (χ0) is 47.8. The summed E-state index contributed by atoms with van der Waals surface area (Å²) in [6, 6.07) is 0. The Morgan fingerprint density at radius 1 is 0.492 bits per heavy atom. The van der Waals surface area contributed by atoms with Crippen LogP contribution < -0.4 is 0 Å². The molecule has 0 radical (unpaired) electrons. The second-order valence-corrected chi connectivity index (χ2v) is 20.7. The fraction of sp³-hybridized carbons (Fsp3) is 0.818. The molecule has 0 bridgehead atoms. The van der Waals surface area contributed by atoms with Crippen LogP contribution in [0.25, 0.3) is 0 Å². The second kappa shape index (κ2) is 47.1. The van der Waals surface area contributed by atoms with Gasteiger partial charge in [-0.1, -0.05) is 223 Å². The average Bonchev–Trinajstić information content (AvgIpc) is 3.26. The van der Waals surface area contributed by atoms with Gasteiger partial charge in [0, 0.05) is 12.8 Å². The number of allylic oxidation sites excluding steroid dienone is 8. The van der Waals surface area contributed by atoms with E-state index in [0.717, 1.165) is 70.6 Å². The van der Waals surface area contributed by atoms with Crippen molar-refractivity contribution in [1.29, 1.82) is 0 Å². The zero-order valence-electron chi connectivity index (χ0n) is 43.0. The Hall–Kier alpha value is -2.03. The van der Waals surface area contributed by atoms with Crippen molar-refractivity contribution >= 4 is 19.8 Å². The molecular formula is C55H103NO8P+. The molecule has 0 aromatic rings. The lowest BCUT2D eigenvalue weighted by Crippen LogP contribution is -2.37. The molecular weight excluding hydrogens is 834 g/mol. The number of phosphoric acid groups is 1. The van der Waals surface area contributed by atoms with Crippen LogP contribution in [0.1, 0.15) is 239 Å². The molecule has 0 rings (SSSR count). The normalized spacial score (nSPS) is 13.8. The maximum absolute atomic E-state index is 12.8. The number of rotatable bonds is 49. The highest BCUT2D eigenvalue weighted by Crippen LogP contribution is 2.43. The van der Waals surface area contributed by atoms with Gasteiger partial charge in [-0.25, -0.2) is 4.57 Å². The lowest BCUT2D eigenvalue weighted by Gasteiger charge is -2.24. The van der Waals surface area contributed by atoms with Crippen LogP contribution in [0.15, 0.2) is 48.6 Å². The van der Waals surface area contributed by atoms with Crippen LogP contribution in [-0.4, -0.2) is 74.9 Å². The summed E-state index contributed by atoms with van der Waals surface area (Å²) in [5.41, 5.74) is 0. The van der Waals surface area contributed by atoms with E-state index in [0.29, 0.717) is 23.9 Å². The maximum atomic E-state index is 12.8. The lowest BCUT2D eigenvalue weighted by atomic mass is 10.0. The lowest BCUT2D eigenvalue weighted by molar-refractivity contribution is -0.870. The minimum absolute atomic E-state index is 0.0300. The van der Waals surface area contributed by atoms with Crippen LogP contribution in [0, 0.1) is 0 Å². The van der Waals surface area contributed by atoms with Gasteiger partial charge >= 0.3 is 19.8 Å². The average molecular weight is 937 g/mol. The molecule has 10 heteroatoms. The number of carbonyl (C=O) groups is 2. The first-order valence-electron chi connectivity index (χ1n) is 26.9. The number of ether oxygens (including phenoxy) is 2.